The monoisotopic (exact) mass is 213 g/mol. The molecule has 0 aromatic rings. The summed E-state index contributed by atoms with van der Waals surface area (Å²) in [4.78, 5) is 13.9. The Hall–Kier alpha value is -0.610. The van der Waals surface area contributed by atoms with Crippen LogP contribution >= 0.6 is 0 Å². The minimum absolute atomic E-state index is 0.0975. The molecular weight excluding hydrogens is 194 g/mol. The van der Waals surface area contributed by atoms with Crippen molar-refractivity contribution in [1.29, 1.82) is 0 Å². The lowest BCUT2D eigenvalue weighted by molar-refractivity contribution is -0.160. The van der Waals surface area contributed by atoms with E-state index in [1.807, 2.05) is 18.7 Å². The molecule has 0 aliphatic carbocycles. The van der Waals surface area contributed by atoms with Crippen molar-refractivity contribution in [3.05, 3.63) is 0 Å². The quantitative estimate of drug-likeness (QED) is 0.656. The third kappa shape index (κ3) is 2.49. The summed E-state index contributed by atoms with van der Waals surface area (Å²) >= 11 is 0. The Morgan fingerprint density at radius 1 is 1.27 bits per heavy atom. The van der Waals surface area contributed by atoms with Gasteiger partial charge >= 0.3 is 0 Å². The molecule has 4 nitrogen and oxygen atoms in total. The summed E-state index contributed by atoms with van der Waals surface area (Å²) in [6.45, 7) is 5.83. The van der Waals surface area contributed by atoms with E-state index in [-0.39, 0.29) is 5.91 Å². The summed E-state index contributed by atoms with van der Waals surface area (Å²) in [6.07, 6.45) is 3.07. The number of amides is 1. The minimum Gasteiger partial charge on any atom is -0.347 e. The molecule has 0 N–H and O–H groups in total. The second-order valence-corrected chi connectivity index (χ2v) is 4.70. The van der Waals surface area contributed by atoms with Crippen molar-refractivity contribution in [2.75, 3.05) is 19.7 Å². The van der Waals surface area contributed by atoms with E-state index in [0.29, 0.717) is 6.61 Å². The highest BCUT2D eigenvalue weighted by molar-refractivity contribution is 5.81. The molecule has 0 unspecified atom stereocenters. The molecule has 2 aliphatic heterocycles. The Kier molecular flexibility index (Phi) is 2.98. The fourth-order valence-corrected chi connectivity index (χ4v) is 2.13. The third-order valence-electron chi connectivity index (χ3n) is 2.95. The SMILES string of the molecule is CC1(C)OC[C@H](C(=O)N2CCCCC2)O1. The van der Waals surface area contributed by atoms with Gasteiger partial charge < -0.3 is 14.4 Å². The van der Waals surface area contributed by atoms with Gasteiger partial charge in [0.1, 0.15) is 0 Å². The second-order valence-electron chi connectivity index (χ2n) is 4.70. The molecule has 0 radical (unpaired) electrons. The number of hydrogen-bond donors (Lipinski definition) is 0. The van der Waals surface area contributed by atoms with Gasteiger partial charge in [0, 0.05) is 13.1 Å². The van der Waals surface area contributed by atoms with Crippen LogP contribution in [-0.4, -0.2) is 42.4 Å². The maximum atomic E-state index is 12.0. The van der Waals surface area contributed by atoms with Crippen molar-refractivity contribution in [3.8, 4) is 0 Å². The molecular formula is C11H19NO3. The topological polar surface area (TPSA) is 38.8 Å². The number of nitrogens with zero attached hydrogens (tertiary/aromatic N) is 1. The molecule has 2 saturated heterocycles. The van der Waals surface area contributed by atoms with E-state index >= 15 is 0 Å². The van der Waals surface area contributed by atoms with Crippen molar-refractivity contribution in [2.45, 2.75) is 45.0 Å². The van der Waals surface area contributed by atoms with Gasteiger partial charge in [0.05, 0.1) is 6.61 Å². The molecule has 1 atom stereocenters. The average Bonchev–Trinajstić information content (AvgIpc) is 2.59. The molecule has 0 bridgehead atoms. The van der Waals surface area contributed by atoms with E-state index in [4.69, 9.17) is 9.47 Å². The number of likely N-dealkylation sites (tertiary alicyclic amines) is 1. The summed E-state index contributed by atoms with van der Waals surface area (Å²) < 4.78 is 10.9. The third-order valence-corrected chi connectivity index (χ3v) is 2.95. The van der Waals surface area contributed by atoms with Gasteiger partial charge in [-0.2, -0.15) is 0 Å². The van der Waals surface area contributed by atoms with Gasteiger partial charge in [-0.05, 0) is 33.1 Å². The van der Waals surface area contributed by atoms with Gasteiger partial charge in [0.2, 0.25) is 0 Å². The fraction of sp³-hybridized carbons (Fsp3) is 0.909. The Labute approximate surface area is 90.5 Å². The lowest BCUT2D eigenvalue weighted by Gasteiger charge is -2.28. The van der Waals surface area contributed by atoms with E-state index in [9.17, 15) is 4.79 Å². The lowest BCUT2D eigenvalue weighted by Crippen LogP contribution is -2.43. The van der Waals surface area contributed by atoms with E-state index in [2.05, 4.69) is 0 Å². The lowest BCUT2D eigenvalue weighted by atomic mass is 10.1. The zero-order valence-corrected chi connectivity index (χ0v) is 9.49. The Morgan fingerprint density at radius 2 is 1.93 bits per heavy atom. The molecule has 2 rings (SSSR count). The van der Waals surface area contributed by atoms with Crippen LogP contribution in [0.3, 0.4) is 0 Å². The summed E-state index contributed by atoms with van der Waals surface area (Å²) in [5.74, 6) is -0.504. The van der Waals surface area contributed by atoms with Crippen LogP contribution in [0.1, 0.15) is 33.1 Å². The van der Waals surface area contributed by atoms with Gasteiger partial charge in [-0.3, -0.25) is 4.79 Å². The first-order valence-electron chi connectivity index (χ1n) is 5.69. The van der Waals surface area contributed by atoms with Gasteiger partial charge in [-0.25, -0.2) is 0 Å². The van der Waals surface area contributed by atoms with Crippen LogP contribution in [0, 0.1) is 0 Å². The minimum atomic E-state index is -0.601. The molecule has 0 spiro atoms. The predicted octanol–water partition coefficient (Wildman–Crippen LogP) is 1.15. The largest absolute Gasteiger partial charge is 0.347 e. The number of carbonyl (C=O) groups is 1. The molecule has 15 heavy (non-hydrogen) atoms. The Balaban J connectivity index is 1.90. The molecule has 0 aromatic heterocycles. The van der Waals surface area contributed by atoms with Gasteiger partial charge in [0.25, 0.3) is 5.91 Å². The molecule has 2 aliphatic rings. The summed E-state index contributed by atoms with van der Waals surface area (Å²) in [5.41, 5.74) is 0. The van der Waals surface area contributed by atoms with Crippen molar-refractivity contribution in [1.82, 2.24) is 4.90 Å². The number of piperidine rings is 1. The maximum absolute atomic E-state index is 12.0. The van der Waals surface area contributed by atoms with Crippen molar-refractivity contribution in [3.63, 3.8) is 0 Å². The smallest absolute Gasteiger partial charge is 0.254 e. The van der Waals surface area contributed by atoms with Gasteiger partial charge in [-0.1, -0.05) is 0 Å². The number of ether oxygens (including phenoxy) is 2. The standard InChI is InChI=1S/C11H19NO3/c1-11(2)14-8-9(15-11)10(13)12-6-4-3-5-7-12/h9H,3-8H2,1-2H3/t9-/m1/s1. The molecule has 1 amide bonds. The Bertz CT molecular complexity index is 246. The predicted molar refractivity (Wildman–Crippen MR) is 55.3 cm³/mol. The van der Waals surface area contributed by atoms with E-state index in [1.54, 1.807) is 0 Å². The zero-order valence-electron chi connectivity index (χ0n) is 9.49. The van der Waals surface area contributed by atoms with Crippen LogP contribution in [0.2, 0.25) is 0 Å². The van der Waals surface area contributed by atoms with E-state index in [0.717, 1.165) is 25.9 Å². The molecule has 0 saturated carbocycles. The van der Waals surface area contributed by atoms with Crippen LogP contribution in [0.5, 0.6) is 0 Å². The second kappa shape index (κ2) is 4.10. The van der Waals surface area contributed by atoms with Gasteiger partial charge in [0.15, 0.2) is 11.9 Å². The number of carbonyl (C=O) groups excluding carboxylic acids is 1. The summed E-state index contributed by atoms with van der Waals surface area (Å²) in [6, 6.07) is 0. The fourth-order valence-electron chi connectivity index (χ4n) is 2.13. The van der Waals surface area contributed by atoms with Crippen molar-refractivity contribution >= 4 is 5.91 Å². The van der Waals surface area contributed by atoms with Gasteiger partial charge in [-0.15, -0.1) is 0 Å². The molecule has 86 valence electrons. The van der Waals surface area contributed by atoms with Crippen LogP contribution in [0.25, 0.3) is 0 Å². The summed E-state index contributed by atoms with van der Waals surface area (Å²) in [5, 5.41) is 0. The van der Waals surface area contributed by atoms with E-state index < -0.39 is 11.9 Å². The average molecular weight is 213 g/mol. The highest BCUT2D eigenvalue weighted by atomic mass is 16.7. The molecule has 0 aromatic carbocycles. The number of rotatable bonds is 1. The normalized spacial score (nSPS) is 30.5. The molecule has 4 heteroatoms. The van der Waals surface area contributed by atoms with E-state index in [1.165, 1.54) is 6.42 Å². The van der Waals surface area contributed by atoms with Crippen LogP contribution < -0.4 is 0 Å². The molecule has 2 fully saturated rings. The highest BCUT2D eigenvalue weighted by Gasteiger charge is 2.38. The molecule has 2 heterocycles. The first-order chi connectivity index (χ1) is 7.08. The highest BCUT2D eigenvalue weighted by Crippen LogP contribution is 2.24. The van der Waals surface area contributed by atoms with Crippen molar-refractivity contribution in [2.24, 2.45) is 0 Å². The van der Waals surface area contributed by atoms with Crippen LogP contribution in [0.4, 0.5) is 0 Å². The zero-order chi connectivity index (χ0) is 10.9. The number of hydrogen-bond acceptors (Lipinski definition) is 3. The first-order valence-corrected chi connectivity index (χ1v) is 5.69. The Morgan fingerprint density at radius 3 is 2.47 bits per heavy atom. The van der Waals surface area contributed by atoms with Crippen molar-refractivity contribution < 1.29 is 14.3 Å². The van der Waals surface area contributed by atoms with Crippen LogP contribution in [0.15, 0.2) is 0 Å². The maximum Gasteiger partial charge on any atom is 0.254 e. The first kappa shape index (κ1) is 10.9. The summed E-state index contributed by atoms with van der Waals surface area (Å²) in [7, 11) is 0. The van der Waals surface area contributed by atoms with Crippen LogP contribution in [-0.2, 0) is 14.3 Å².